The largest absolute Gasteiger partial charge is 0.454 e. The number of amides is 4. The van der Waals surface area contributed by atoms with Gasteiger partial charge in [0.25, 0.3) is 0 Å². The van der Waals surface area contributed by atoms with Crippen LogP contribution in [0.2, 0.25) is 0 Å². The highest BCUT2D eigenvalue weighted by Crippen LogP contribution is 2.38. The molecule has 1 aromatic carbocycles. The van der Waals surface area contributed by atoms with Crippen LogP contribution in [0.15, 0.2) is 45.5 Å². The van der Waals surface area contributed by atoms with Gasteiger partial charge >= 0.3 is 12.2 Å². The molecule has 0 aliphatic carbocycles. The van der Waals surface area contributed by atoms with Crippen LogP contribution in [0.25, 0.3) is 44.8 Å². The molecule has 0 bridgehead atoms. The fourth-order valence-electron chi connectivity index (χ4n) is 7.43. The number of alkyl carbamates (subject to hydrolysis) is 2. The smallest absolute Gasteiger partial charge is 0.407 e. The maximum absolute atomic E-state index is 14.8. The molecule has 0 unspecified atom stereocenters. The number of nitrogens with zero attached hydrogens (tertiary/aromatic N) is 4. The van der Waals surface area contributed by atoms with Crippen molar-refractivity contribution in [2.45, 2.75) is 77.0 Å². The molecule has 2 aliphatic heterocycles. The second-order valence-corrected chi connectivity index (χ2v) is 14.9. The number of aromatic nitrogens is 4. The molecular formula is C38H44F2N8O8. The average molecular weight is 779 g/mol. The Morgan fingerprint density at radius 2 is 1.11 bits per heavy atom. The molecule has 56 heavy (non-hydrogen) atoms. The van der Waals surface area contributed by atoms with Crippen molar-refractivity contribution < 1.29 is 46.3 Å². The van der Waals surface area contributed by atoms with E-state index in [1.165, 1.54) is 24.0 Å². The van der Waals surface area contributed by atoms with E-state index in [1.807, 2.05) is 24.3 Å². The van der Waals surface area contributed by atoms with Crippen molar-refractivity contribution in [2.75, 3.05) is 27.3 Å². The summed E-state index contributed by atoms with van der Waals surface area (Å²) in [5.74, 6) is 0.294. The molecule has 2 fully saturated rings. The topological polar surface area (TPSA) is 201 Å². The van der Waals surface area contributed by atoms with Crippen molar-refractivity contribution in [3.63, 3.8) is 0 Å². The van der Waals surface area contributed by atoms with E-state index in [1.54, 1.807) is 40.1 Å². The highest BCUT2D eigenvalue weighted by atomic mass is 19.1. The molecule has 0 saturated carbocycles. The van der Waals surface area contributed by atoms with E-state index in [9.17, 15) is 28.0 Å². The molecule has 0 radical (unpaired) electrons. The third-order valence-electron chi connectivity index (χ3n) is 10.4. The summed E-state index contributed by atoms with van der Waals surface area (Å²) in [6.07, 6.45) is -0.834. The minimum atomic E-state index is -1.27. The zero-order valence-corrected chi connectivity index (χ0v) is 31.7. The third kappa shape index (κ3) is 7.38. The van der Waals surface area contributed by atoms with Gasteiger partial charge in [0.2, 0.25) is 11.8 Å². The number of likely N-dealkylation sites (tertiary alicyclic amines) is 2. The van der Waals surface area contributed by atoms with Crippen LogP contribution in [0.5, 0.6) is 0 Å². The summed E-state index contributed by atoms with van der Waals surface area (Å²) in [4.78, 5) is 69.1. The van der Waals surface area contributed by atoms with Crippen LogP contribution in [0.1, 0.15) is 64.3 Å². The summed E-state index contributed by atoms with van der Waals surface area (Å²) in [5, 5.41) is 6.59. The summed E-state index contributed by atoms with van der Waals surface area (Å²) < 4.78 is 51.3. The van der Waals surface area contributed by atoms with Crippen molar-refractivity contribution in [3.05, 3.63) is 48.3 Å². The number of ether oxygens (including phenoxy) is 2. The Labute approximate surface area is 319 Å². The van der Waals surface area contributed by atoms with Gasteiger partial charge in [0.15, 0.2) is 11.5 Å². The van der Waals surface area contributed by atoms with E-state index in [0.717, 1.165) is 10.8 Å². The van der Waals surface area contributed by atoms with Crippen molar-refractivity contribution in [1.82, 2.24) is 40.4 Å². The minimum Gasteiger partial charge on any atom is -0.454 e. The summed E-state index contributed by atoms with van der Waals surface area (Å²) in [6, 6.07) is 4.09. The number of hydrogen-bond acceptors (Lipinski definition) is 10. The average Bonchev–Trinajstić information content (AvgIpc) is 4.01. The molecule has 2 saturated heterocycles. The predicted molar refractivity (Wildman–Crippen MR) is 197 cm³/mol. The summed E-state index contributed by atoms with van der Waals surface area (Å²) >= 11 is 0. The highest BCUT2D eigenvalue weighted by molar-refractivity contribution is 5.96. The van der Waals surface area contributed by atoms with Crippen LogP contribution in [0.4, 0.5) is 18.4 Å². The van der Waals surface area contributed by atoms with Crippen LogP contribution in [0.3, 0.4) is 0 Å². The number of alkyl halides is 2. The number of hydrogen-bond donors (Lipinski definition) is 4. The quantitative estimate of drug-likeness (QED) is 0.131. The zero-order chi connectivity index (χ0) is 40.0. The van der Waals surface area contributed by atoms with Gasteiger partial charge in [-0.1, -0.05) is 27.7 Å². The number of imidazole rings is 2. The fraction of sp³-hybridized carbons (Fsp3) is 0.474. The van der Waals surface area contributed by atoms with Gasteiger partial charge in [-0.25, -0.2) is 28.3 Å². The third-order valence-corrected chi connectivity index (χ3v) is 10.4. The molecule has 5 aromatic rings. The molecule has 4 N–H and O–H groups in total. The first-order chi connectivity index (χ1) is 26.7. The number of methoxy groups -OCH3 is 2. The SMILES string of the molecule is COC(=O)N[C@H](C(=O)N1C[C@@H](F)C[C@H]1c1ncc(-c2cc3cc4oc(-c5cnc([C@@H]6C[C@H](F)CN6C(=O)[C@@H](NC(=O)OC)C(C)C)[nH]5)cc4cc3o2)[nH]1)C(C)C. The highest BCUT2D eigenvalue weighted by Gasteiger charge is 2.43. The Morgan fingerprint density at radius 1 is 0.714 bits per heavy atom. The molecule has 6 heterocycles. The Kier molecular flexibility index (Phi) is 10.5. The minimum absolute atomic E-state index is 0.0406. The number of rotatable bonds is 10. The molecular weight excluding hydrogens is 734 g/mol. The molecule has 16 nitrogen and oxygen atoms in total. The van der Waals surface area contributed by atoms with Crippen LogP contribution < -0.4 is 10.6 Å². The predicted octanol–water partition coefficient (Wildman–Crippen LogP) is 5.94. The van der Waals surface area contributed by atoms with E-state index in [4.69, 9.17) is 8.83 Å². The van der Waals surface area contributed by atoms with E-state index < -0.39 is 60.5 Å². The van der Waals surface area contributed by atoms with E-state index in [0.29, 0.717) is 45.7 Å². The monoisotopic (exact) mass is 778 g/mol. The van der Waals surface area contributed by atoms with Gasteiger partial charge in [-0.2, -0.15) is 0 Å². The summed E-state index contributed by atoms with van der Waals surface area (Å²) in [5.41, 5.74) is 2.17. The summed E-state index contributed by atoms with van der Waals surface area (Å²) in [6.45, 7) is 6.86. The van der Waals surface area contributed by atoms with Gasteiger partial charge in [0.05, 0.1) is 51.8 Å². The van der Waals surface area contributed by atoms with Crippen LogP contribution >= 0.6 is 0 Å². The van der Waals surface area contributed by atoms with Gasteiger partial charge < -0.3 is 48.7 Å². The van der Waals surface area contributed by atoms with Crippen molar-refractivity contribution >= 4 is 45.9 Å². The maximum Gasteiger partial charge on any atom is 0.407 e. The Morgan fingerprint density at radius 3 is 1.46 bits per heavy atom. The van der Waals surface area contributed by atoms with Gasteiger partial charge in [-0.05, 0) is 36.1 Å². The van der Waals surface area contributed by atoms with Gasteiger partial charge in [-0.15, -0.1) is 0 Å². The molecule has 6 atom stereocenters. The van der Waals surface area contributed by atoms with Crippen molar-refractivity contribution in [1.29, 1.82) is 0 Å². The molecule has 298 valence electrons. The molecule has 4 amide bonds. The Bertz CT molecular complexity index is 2060. The molecule has 18 heteroatoms. The number of carbonyl (C=O) groups excluding carboxylic acids is 4. The fourth-order valence-corrected chi connectivity index (χ4v) is 7.43. The van der Waals surface area contributed by atoms with Crippen LogP contribution in [-0.4, -0.2) is 105 Å². The molecule has 7 rings (SSSR count). The summed E-state index contributed by atoms with van der Waals surface area (Å²) in [7, 11) is 2.42. The van der Waals surface area contributed by atoms with Crippen molar-refractivity contribution in [3.8, 4) is 22.9 Å². The number of H-pyrrole nitrogens is 2. The zero-order valence-electron chi connectivity index (χ0n) is 31.7. The van der Waals surface area contributed by atoms with E-state index in [-0.39, 0.29) is 37.8 Å². The maximum atomic E-state index is 14.8. The lowest BCUT2D eigenvalue weighted by Gasteiger charge is -2.29. The first-order valence-electron chi connectivity index (χ1n) is 18.4. The Hall–Kier alpha value is -5.94. The van der Waals surface area contributed by atoms with Gasteiger partial charge in [0, 0.05) is 23.6 Å². The van der Waals surface area contributed by atoms with E-state index in [2.05, 4.69) is 40.0 Å². The Balaban J connectivity index is 1.09. The number of halogens is 2. The molecule has 2 aliphatic rings. The lowest BCUT2D eigenvalue weighted by atomic mass is 10.0. The number of aromatic amines is 2. The molecule has 0 spiro atoms. The first kappa shape index (κ1) is 38.3. The van der Waals surface area contributed by atoms with Gasteiger partial charge in [0.1, 0.15) is 58.6 Å². The van der Waals surface area contributed by atoms with E-state index >= 15 is 0 Å². The van der Waals surface area contributed by atoms with Crippen LogP contribution in [-0.2, 0) is 19.1 Å². The number of benzene rings is 1. The number of carbonyl (C=O) groups is 4. The van der Waals surface area contributed by atoms with Gasteiger partial charge in [-0.3, -0.25) is 9.59 Å². The normalized spacial score (nSPS) is 21.0. The standard InChI is InChI=1S/C38H44F2N8O8/c1-17(2)31(45-37(51)53-5)35(49)47-15-21(39)11-25(47)33-41-13-23(43-33)29-9-19-7-28-20(8-27(19)55-29)10-30(56-28)24-14-42-34(44-24)26-12-22(40)16-48(26)36(50)32(18(3)4)46-38(52)54-6/h7-10,13-14,17-18,21-22,25-26,31-32H,11-12,15-16H2,1-6H3,(H,41,43)(H,42,44)(H,45,51)(H,46,52)/t21-,22-,25-,26-,31-,32-/m0/s1. The number of furan rings is 2. The second kappa shape index (κ2) is 15.3. The number of fused-ring (bicyclic) bond motifs is 2. The molecule has 4 aromatic heterocycles. The lowest BCUT2D eigenvalue weighted by Crippen LogP contribution is -2.51. The first-order valence-corrected chi connectivity index (χ1v) is 18.4. The second-order valence-electron chi connectivity index (χ2n) is 14.9. The number of nitrogens with one attached hydrogen (secondary N) is 4. The van der Waals surface area contributed by atoms with Crippen LogP contribution in [0, 0.1) is 11.8 Å². The van der Waals surface area contributed by atoms with Crippen molar-refractivity contribution in [2.24, 2.45) is 11.8 Å². The lowest BCUT2D eigenvalue weighted by molar-refractivity contribution is -0.136.